The zero-order valence-electron chi connectivity index (χ0n) is 17.0. The molecule has 2 nitrogen and oxygen atoms in total. The Hall–Kier alpha value is -0.0800. The van der Waals surface area contributed by atoms with Crippen molar-refractivity contribution in [2.24, 2.45) is 34.5 Å². The molecule has 4 saturated carbocycles. The van der Waals surface area contributed by atoms with Gasteiger partial charge in [-0.1, -0.05) is 26.7 Å². The second-order valence-corrected chi connectivity index (χ2v) is 11.4. The van der Waals surface area contributed by atoms with Gasteiger partial charge in [0.15, 0.2) is 0 Å². The zero-order valence-corrected chi connectivity index (χ0v) is 17.0. The Morgan fingerprint density at radius 1 is 0.800 bits per heavy atom. The minimum atomic E-state index is -0.137. The molecule has 7 atom stereocenters. The van der Waals surface area contributed by atoms with Crippen LogP contribution in [0.3, 0.4) is 0 Å². The summed E-state index contributed by atoms with van der Waals surface area (Å²) in [5, 5.41) is 3.69. The SMILES string of the molecule is CC1(C)NC[C@@]2(CC[C@H]3[C@@H]4CC[C@H]5CCCC[C@]5(C)[C@H]4CC[C@@]32C)O1. The first-order chi connectivity index (χ1) is 11.8. The summed E-state index contributed by atoms with van der Waals surface area (Å²) in [6, 6.07) is 0. The molecule has 1 N–H and O–H groups in total. The Morgan fingerprint density at radius 3 is 2.36 bits per heavy atom. The van der Waals surface area contributed by atoms with Gasteiger partial charge in [-0.25, -0.2) is 0 Å². The number of hydrogen-bond acceptors (Lipinski definition) is 2. The van der Waals surface area contributed by atoms with Crippen LogP contribution >= 0.6 is 0 Å². The highest BCUT2D eigenvalue weighted by Gasteiger charge is 2.67. The predicted molar refractivity (Wildman–Crippen MR) is 102 cm³/mol. The summed E-state index contributed by atoms with van der Waals surface area (Å²) >= 11 is 0. The average Bonchev–Trinajstić information content (AvgIpc) is 3.04. The molecule has 0 unspecified atom stereocenters. The molecule has 2 heteroatoms. The van der Waals surface area contributed by atoms with Crippen LogP contribution < -0.4 is 5.32 Å². The van der Waals surface area contributed by atoms with Crippen LogP contribution in [-0.4, -0.2) is 17.9 Å². The monoisotopic (exact) mass is 345 g/mol. The van der Waals surface area contributed by atoms with E-state index in [9.17, 15) is 0 Å². The molecule has 5 rings (SSSR count). The van der Waals surface area contributed by atoms with Crippen molar-refractivity contribution in [3.63, 3.8) is 0 Å². The quantitative estimate of drug-likeness (QED) is 0.624. The molecule has 1 saturated heterocycles. The normalized spacial score (nSPS) is 57.1. The maximum atomic E-state index is 6.77. The Balaban J connectivity index is 1.46. The van der Waals surface area contributed by atoms with Gasteiger partial charge in [-0.3, -0.25) is 5.32 Å². The standard InChI is InChI=1S/C23H39NO/c1-20(2)24-15-23(25-20)14-11-19-17-9-8-16-7-5-6-12-21(16,3)18(17)10-13-22(19,23)4/h16-19,24H,5-15H2,1-4H3/t16-,17-,18+,19+,21+,22+,23-/m1/s1. The van der Waals surface area contributed by atoms with E-state index in [4.69, 9.17) is 4.74 Å². The van der Waals surface area contributed by atoms with Crippen molar-refractivity contribution in [3.05, 3.63) is 0 Å². The Bertz CT molecular complexity index is 558. The Kier molecular flexibility index (Phi) is 3.58. The van der Waals surface area contributed by atoms with E-state index in [0.717, 1.165) is 30.2 Å². The smallest absolute Gasteiger partial charge is 0.114 e. The highest BCUT2D eigenvalue weighted by molar-refractivity contribution is 5.17. The largest absolute Gasteiger partial charge is 0.353 e. The van der Waals surface area contributed by atoms with Crippen molar-refractivity contribution in [2.75, 3.05) is 6.54 Å². The van der Waals surface area contributed by atoms with Crippen LogP contribution in [-0.2, 0) is 4.74 Å². The minimum Gasteiger partial charge on any atom is -0.353 e. The van der Waals surface area contributed by atoms with Crippen LogP contribution in [0.1, 0.15) is 91.9 Å². The molecular weight excluding hydrogens is 306 g/mol. The van der Waals surface area contributed by atoms with Gasteiger partial charge in [-0.15, -0.1) is 0 Å². The number of nitrogens with one attached hydrogen (secondary N) is 1. The molecule has 1 aliphatic heterocycles. The minimum absolute atomic E-state index is 0.108. The van der Waals surface area contributed by atoms with Gasteiger partial charge < -0.3 is 4.74 Å². The second-order valence-electron chi connectivity index (χ2n) is 11.4. The molecule has 25 heavy (non-hydrogen) atoms. The van der Waals surface area contributed by atoms with E-state index >= 15 is 0 Å². The fourth-order valence-corrected chi connectivity index (χ4v) is 8.76. The highest BCUT2D eigenvalue weighted by Crippen LogP contribution is 2.69. The predicted octanol–water partition coefficient (Wildman–Crippen LogP) is 5.51. The first kappa shape index (κ1) is 17.0. The number of hydrogen-bond donors (Lipinski definition) is 1. The molecule has 0 radical (unpaired) electrons. The molecule has 0 aromatic carbocycles. The van der Waals surface area contributed by atoms with E-state index < -0.39 is 0 Å². The van der Waals surface area contributed by atoms with Gasteiger partial charge in [0.2, 0.25) is 0 Å². The third kappa shape index (κ3) is 2.16. The van der Waals surface area contributed by atoms with Crippen LogP contribution in [0, 0.1) is 34.5 Å². The summed E-state index contributed by atoms with van der Waals surface area (Å²) in [6.45, 7) is 10.8. The van der Waals surface area contributed by atoms with Gasteiger partial charge in [-0.2, -0.15) is 0 Å². The third-order valence-electron chi connectivity index (χ3n) is 10.1. The van der Waals surface area contributed by atoms with Crippen LogP contribution in [0.2, 0.25) is 0 Å². The van der Waals surface area contributed by atoms with Crippen molar-refractivity contribution in [3.8, 4) is 0 Å². The lowest BCUT2D eigenvalue weighted by Crippen LogP contribution is -2.57. The van der Waals surface area contributed by atoms with Crippen molar-refractivity contribution in [1.29, 1.82) is 0 Å². The molecule has 0 aromatic heterocycles. The Morgan fingerprint density at radius 2 is 1.60 bits per heavy atom. The summed E-state index contributed by atoms with van der Waals surface area (Å²) in [7, 11) is 0. The number of rotatable bonds is 0. The number of ether oxygens (including phenoxy) is 1. The molecule has 1 spiro atoms. The van der Waals surface area contributed by atoms with Gasteiger partial charge in [0.1, 0.15) is 5.72 Å². The molecular formula is C23H39NO. The van der Waals surface area contributed by atoms with E-state index in [0.29, 0.717) is 10.8 Å². The van der Waals surface area contributed by atoms with Crippen molar-refractivity contribution < 1.29 is 4.74 Å². The van der Waals surface area contributed by atoms with E-state index in [2.05, 4.69) is 33.0 Å². The Labute approximate surface area is 154 Å². The molecule has 4 aliphatic carbocycles. The molecule has 5 fully saturated rings. The van der Waals surface area contributed by atoms with Crippen LogP contribution in [0.5, 0.6) is 0 Å². The molecule has 1 heterocycles. The van der Waals surface area contributed by atoms with Crippen LogP contribution in [0.15, 0.2) is 0 Å². The van der Waals surface area contributed by atoms with Crippen molar-refractivity contribution >= 4 is 0 Å². The van der Waals surface area contributed by atoms with Crippen LogP contribution in [0.4, 0.5) is 0 Å². The van der Waals surface area contributed by atoms with Gasteiger partial charge in [0, 0.05) is 12.0 Å². The third-order valence-corrected chi connectivity index (χ3v) is 10.1. The van der Waals surface area contributed by atoms with Gasteiger partial charge in [-0.05, 0) is 94.3 Å². The lowest BCUT2D eigenvalue weighted by molar-refractivity contribution is -0.180. The van der Waals surface area contributed by atoms with Gasteiger partial charge >= 0.3 is 0 Å². The second kappa shape index (κ2) is 5.25. The van der Waals surface area contributed by atoms with Gasteiger partial charge in [0.05, 0.1) is 5.60 Å². The zero-order chi connectivity index (χ0) is 17.5. The summed E-state index contributed by atoms with van der Waals surface area (Å²) in [4.78, 5) is 0. The molecule has 5 aliphatic rings. The van der Waals surface area contributed by atoms with Crippen molar-refractivity contribution in [2.45, 2.75) is 103 Å². The van der Waals surface area contributed by atoms with Crippen molar-refractivity contribution in [1.82, 2.24) is 5.32 Å². The average molecular weight is 346 g/mol. The highest BCUT2D eigenvalue weighted by atomic mass is 16.6. The lowest BCUT2D eigenvalue weighted by Gasteiger charge is -2.61. The first-order valence-electron chi connectivity index (χ1n) is 11.2. The van der Waals surface area contributed by atoms with E-state index in [1.807, 2.05) is 0 Å². The number of fused-ring (bicyclic) bond motifs is 6. The fraction of sp³-hybridized carbons (Fsp3) is 1.00. The van der Waals surface area contributed by atoms with E-state index in [1.54, 1.807) is 0 Å². The molecule has 0 bridgehead atoms. The summed E-state index contributed by atoms with van der Waals surface area (Å²) < 4.78 is 6.77. The van der Waals surface area contributed by atoms with E-state index in [1.165, 1.54) is 64.2 Å². The summed E-state index contributed by atoms with van der Waals surface area (Å²) in [5.74, 6) is 3.92. The van der Waals surface area contributed by atoms with Gasteiger partial charge in [0.25, 0.3) is 0 Å². The maximum absolute atomic E-state index is 6.77. The topological polar surface area (TPSA) is 21.3 Å². The molecule has 0 aromatic rings. The fourth-order valence-electron chi connectivity index (χ4n) is 8.76. The molecule has 0 amide bonds. The molecule has 142 valence electrons. The van der Waals surface area contributed by atoms with E-state index in [-0.39, 0.29) is 11.3 Å². The maximum Gasteiger partial charge on any atom is 0.114 e. The lowest BCUT2D eigenvalue weighted by atomic mass is 9.44. The van der Waals surface area contributed by atoms with Crippen LogP contribution in [0.25, 0.3) is 0 Å². The summed E-state index contributed by atoms with van der Waals surface area (Å²) in [6.07, 6.45) is 14.6. The first-order valence-corrected chi connectivity index (χ1v) is 11.2. The summed E-state index contributed by atoms with van der Waals surface area (Å²) in [5.41, 5.74) is 1.03.